The first-order valence-electron chi connectivity index (χ1n) is 10.4. The molecule has 0 bridgehead atoms. The monoisotopic (exact) mass is 409 g/mol. The maximum absolute atomic E-state index is 12.1. The van der Waals surface area contributed by atoms with Crippen molar-refractivity contribution in [3.8, 4) is 0 Å². The molecule has 1 saturated heterocycles. The molecule has 7 nitrogen and oxygen atoms in total. The van der Waals surface area contributed by atoms with Gasteiger partial charge in [0, 0.05) is 23.0 Å². The molecule has 1 aliphatic rings. The first-order chi connectivity index (χ1) is 14.4. The molecular formula is C23H31N5O2. The molecule has 160 valence electrons. The van der Waals surface area contributed by atoms with Gasteiger partial charge in [0.25, 0.3) is 0 Å². The number of carboxylic acids is 1. The maximum Gasteiger partial charge on any atom is 0.330 e. The highest BCUT2D eigenvalue weighted by Gasteiger charge is 2.22. The molecule has 0 saturated carbocycles. The Kier molecular flexibility index (Phi) is 6.95. The second-order valence-corrected chi connectivity index (χ2v) is 7.95. The number of anilines is 2. The molecule has 30 heavy (non-hydrogen) atoms. The van der Waals surface area contributed by atoms with E-state index in [0.29, 0.717) is 22.9 Å². The number of carbonyl (C=O) groups is 1. The number of nitrogens with two attached hydrogens (primary N) is 1. The number of nitrogens with one attached hydrogen (secondary N) is 3. The number of aryl methyl sites for hydroxylation is 1. The molecule has 1 aliphatic heterocycles. The van der Waals surface area contributed by atoms with E-state index in [-0.39, 0.29) is 5.84 Å². The molecule has 7 heteroatoms. The van der Waals surface area contributed by atoms with Crippen LogP contribution in [0.5, 0.6) is 0 Å². The van der Waals surface area contributed by atoms with Gasteiger partial charge >= 0.3 is 5.97 Å². The number of hydrogen-bond donors (Lipinski definition) is 5. The summed E-state index contributed by atoms with van der Waals surface area (Å²) in [6.07, 6.45) is 2.98. The number of piperidine rings is 1. The number of benzene rings is 2. The Balaban J connectivity index is 1.82. The van der Waals surface area contributed by atoms with Crippen LogP contribution in [0.15, 0.2) is 42.5 Å². The fourth-order valence-electron chi connectivity index (χ4n) is 3.76. The van der Waals surface area contributed by atoms with Gasteiger partial charge in [-0.25, -0.2) is 4.79 Å². The van der Waals surface area contributed by atoms with E-state index in [1.807, 2.05) is 12.1 Å². The Morgan fingerprint density at radius 1 is 1.20 bits per heavy atom. The van der Waals surface area contributed by atoms with Crippen molar-refractivity contribution in [3.63, 3.8) is 0 Å². The van der Waals surface area contributed by atoms with Gasteiger partial charge in [-0.1, -0.05) is 13.0 Å². The van der Waals surface area contributed by atoms with Crippen molar-refractivity contribution < 1.29 is 9.90 Å². The molecule has 1 fully saturated rings. The van der Waals surface area contributed by atoms with E-state index in [1.54, 1.807) is 24.3 Å². The van der Waals surface area contributed by atoms with E-state index in [4.69, 9.17) is 11.1 Å². The summed E-state index contributed by atoms with van der Waals surface area (Å²) in [7, 11) is 2.14. The van der Waals surface area contributed by atoms with E-state index in [2.05, 4.69) is 35.6 Å². The highest BCUT2D eigenvalue weighted by atomic mass is 16.4. The maximum atomic E-state index is 12.1. The van der Waals surface area contributed by atoms with Crippen LogP contribution in [-0.2, 0) is 11.2 Å². The molecular weight excluding hydrogens is 378 g/mol. The molecule has 0 aliphatic carbocycles. The highest BCUT2D eigenvalue weighted by molar-refractivity contribution is 5.95. The molecule has 0 radical (unpaired) electrons. The summed E-state index contributed by atoms with van der Waals surface area (Å²) >= 11 is 0. The summed E-state index contributed by atoms with van der Waals surface area (Å²) in [6, 6.07) is 12.4. The molecule has 3 rings (SSSR count). The van der Waals surface area contributed by atoms with E-state index in [1.165, 1.54) is 0 Å². The number of aliphatic carboxylic acids is 1. The highest BCUT2D eigenvalue weighted by Crippen LogP contribution is 2.26. The average Bonchev–Trinajstić information content (AvgIpc) is 2.73. The van der Waals surface area contributed by atoms with Crippen LogP contribution in [0.1, 0.15) is 42.5 Å². The molecule has 1 atom stereocenters. The lowest BCUT2D eigenvalue weighted by molar-refractivity contribution is -0.138. The van der Waals surface area contributed by atoms with Crippen molar-refractivity contribution in [2.45, 2.75) is 38.3 Å². The van der Waals surface area contributed by atoms with Crippen molar-refractivity contribution >= 4 is 23.2 Å². The zero-order chi connectivity index (χ0) is 21.7. The lowest BCUT2D eigenvalue weighted by Gasteiger charge is -2.30. The zero-order valence-corrected chi connectivity index (χ0v) is 17.6. The van der Waals surface area contributed by atoms with Crippen LogP contribution < -0.4 is 16.4 Å². The summed E-state index contributed by atoms with van der Waals surface area (Å²) in [5, 5.41) is 24.1. The van der Waals surface area contributed by atoms with Gasteiger partial charge < -0.3 is 26.4 Å². The van der Waals surface area contributed by atoms with Crippen LogP contribution in [-0.4, -0.2) is 48.0 Å². The zero-order valence-electron chi connectivity index (χ0n) is 17.6. The Morgan fingerprint density at radius 3 is 2.43 bits per heavy atom. The minimum atomic E-state index is -0.941. The number of nitrogen functional groups attached to an aromatic ring is 1. The average molecular weight is 410 g/mol. The van der Waals surface area contributed by atoms with Crippen LogP contribution in [0.2, 0.25) is 0 Å². The van der Waals surface area contributed by atoms with Crippen molar-refractivity contribution in [2.75, 3.05) is 30.8 Å². The molecule has 2 aromatic rings. The third-order valence-electron chi connectivity index (χ3n) is 5.60. The SMILES string of the molecule is CCc1cc(NC2CCN(C)CC2)cc(C(Nc2ccc(C(=N)N)cc2)C(=O)O)c1. The lowest BCUT2D eigenvalue weighted by Crippen LogP contribution is -2.36. The normalized spacial score (nSPS) is 16.1. The summed E-state index contributed by atoms with van der Waals surface area (Å²) in [5.74, 6) is -0.958. The Bertz CT molecular complexity index is 889. The summed E-state index contributed by atoms with van der Waals surface area (Å²) in [6.45, 7) is 4.20. The van der Waals surface area contributed by atoms with Gasteiger partial charge in [-0.2, -0.15) is 0 Å². The molecule has 6 N–H and O–H groups in total. The standard InChI is InChI=1S/C23H31N5O2/c1-3-15-12-17(14-20(13-15)26-19-8-10-28(2)11-9-19)21(23(29)30)27-18-6-4-16(5-7-18)22(24)25/h4-7,12-14,19,21,26-27H,3,8-11H2,1-2H3,(H3,24,25)(H,29,30). The molecule has 1 heterocycles. The molecule has 2 aromatic carbocycles. The fourth-order valence-corrected chi connectivity index (χ4v) is 3.76. The third kappa shape index (κ3) is 5.51. The van der Waals surface area contributed by atoms with Gasteiger partial charge in [0.15, 0.2) is 6.04 Å². The van der Waals surface area contributed by atoms with E-state index >= 15 is 0 Å². The summed E-state index contributed by atoms with van der Waals surface area (Å²) < 4.78 is 0. The molecule has 0 amide bonds. The number of rotatable bonds is 8. The van der Waals surface area contributed by atoms with Crippen molar-refractivity contribution in [1.29, 1.82) is 5.41 Å². The quantitative estimate of drug-likeness (QED) is 0.338. The topological polar surface area (TPSA) is 114 Å². The van der Waals surface area contributed by atoms with Gasteiger partial charge in [-0.05, 0) is 86.9 Å². The number of carboxylic acid groups (broad SMARTS) is 1. The number of hydrogen-bond acceptors (Lipinski definition) is 5. The largest absolute Gasteiger partial charge is 0.479 e. The fraction of sp³-hybridized carbons (Fsp3) is 0.391. The van der Waals surface area contributed by atoms with Crippen LogP contribution >= 0.6 is 0 Å². The van der Waals surface area contributed by atoms with Crippen LogP contribution in [0, 0.1) is 5.41 Å². The minimum absolute atomic E-state index is 0.0170. The number of amidine groups is 1. The van der Waals surface area contributed by atoms with Crippen molar-refractivity contribution in [1.82, 2.24) is 4.90 Å². The Hall–Kier alpha value is -3.06. The van der Waals surface area contributed by atoms with Crippen LogP contribution in [0.3, 0.4) is 0 Å². The predicted octanol–water partition coefficient (Wildman–Crippen LogP) is 3.28. The van der Waals surface area contributed by atoms with Gasteiger partial charge in [0.2, 0.25) is 0 Å². The minimum Gasteiger partial charge on any atom is -0.479 e. The third-order valence-corrected chi connectivity index (χ3v) is 5.60. The van der Waals surface area contributed by atoms with Gasteiger partial charge in [-0.15, -0.1) is 0 Å². The summed E-state index contributed by atoms with van der Waals surface area (Å²) in [5.41, 5.74) is 9.55. The molecule has 0 aromatic heterocycles. The Morgan fingerprint density at radius 2 is 1.87 bits per heavy atom. The molecule has 1 unspecified atom stereocenters. The van der Waals surface area contributed by atoms with Gasteiger partial charge in [-0.3, -0.25) is 5.41 Å². The van der Waals surface area contributed by atoms with E-state index < -0.39 is 12.0 Å². The lowest BCUT2D eigenvalue weighted by atomic mass is 9.99. The van der Waals surface area contributed by atoms with Gasteiger partial charge in [0.05, 0.1) is 0 Å². The second kappa shape index (κ2) is 9.63. The first-order valence-corrected chi connectivity index (χ1v) is 10.4. The smallest absolute Gasteiger partial charge is 0.330 e. The van der Waals surface area contributed by atoms with Crippen LogP contribution in [0.4, 0.5) is 11.4 Å². The van der Waals surface area contributed by atoms with E-state index in [9.17, 15) is 9.90 Å². The second-order valence-electron chi connectivity index (χ2n) is 7.95. The first kappa shape index (κ1) is 21.6. The van der Waals surface area contributed by atoms with Crippen LogP contribution in [0.25, 0.3) is 0 Å². The molecule has 0 spiro atoms. The van der Waals surface area contributed by atoms with Crippen molar-refractivity contribution in [2.24, 2.45) is 5.73 Å². The van der Waals surface area contributed by atoms with Crippen molar-refractivity contribution in [3.05, 3.63) is 59.2 Å². The van der Waals surface area contributed by atoms with Gasteiger partial charge in [0.1, 0.15) is 5.84 Å². The van der Waals surface area contributed by atoms with E-state index in [0.717, 1.165) is 43.6 Å². The summed E-state index contributed by atoms with van der Waals surface area (Å²) in [4.78, 5) is 14.4. The number of likely N-dealkylation sites (tertiary alicyclic amines) is 1. The number of nitrogens with zero attached hydrogens (tertiary/aromatic N) is 1. The Labute approximate surface area is 177 Å². The predicted molar refractivity (Wildman–Crippen MR) is 121 cm³/mol.